The lowest BCUT2D eigenvalue weighted by molar-refractivity contribution is 0.0527. The van der Waals surface area contributed by atoms with Gasteiger partial charge in [0.05, 0.1) is 11.7 Å². The first-order chi connectivity index (χ1) is 8.70. The van der Waals surface area contributed by atoms with Crippen LogP contribution in [0.25, 0.3) is 0 Å². The molecule has 1 aromatic carbocycles. The van der Waals surface area contributed by atoms with Crippen LogP contribution < -0.4 is 4.90 Å². The molecule has 18 heavy (non-hydrogen) atoms. The summed E-state index contributed by atoms with van der Waals surface area (Å²) in [5, 5.41) is 9.00. The summed E-state index contributed by atoms with van der Waals surface area (Å²) < 4.78 is 5.65. The number of anilines is 1. The summed E-state index contributed by atoms with van der Waals surface area (Å²) >= 11 is 0. The predicted octanol–water partition coefficient (Wildman–Crippen LogP) is 2.39. The molecule has 0 aromatic heterocycles. The van der Waals surface area contributed by atoms with Crippen molar-refractivity contribution in [3.63, 3.8) is 0 Å². The van der Waals surface area contributed by atoms with E-state index in [0.717, 1.165) is 38.2 Å². The van der Waals surface area contributed by atoms with Gasteiger partial charge in [-0.3, -0.25) is 0 Å². The first kappa shape index (κ1) is 12.9. The molecule has 1 aliphatic rings. The SMILES string of the molecule is CCOC1CCCN(c2cccc(C(=O)O)c2)C1. The topological polar surface area (TPSA) is 49.8 Å². The van der Waals surface area contributed by atoms with E-state index in [1.807, 2.05) is 13.0 Å². The van der Waals surface area contributed by atoms with Crippen LogP contribution in [0.5, 0.6) is 0 Å². The van der Waals surface area contributed by atoms with E-state index in [2.05, 4.69) is 4.90 Å². The minimum Gasteiger partial charge on any atom is -0.478 e. The standard InChI is InChI=1S/C14H19NO3/c1-2-18-13-7-4-8-15(10-13)12-6-3-5-11(9-12)14(16)17/h3,5-6,9,13H,2,4,7-8,10H2,1H3,(H,16,17). The highest BCUT2D eigenvalue weighted by Crippen LogP contribution is 2.22. The number of hydrogen-bond donors (Lipinski definition) is 1. The first-order valence-electron chi connectivity index (χ1n) is 6.40. The fraction of sp³-hybridized carbons (Fsp3) is 0.500. The van der Waals surface area contributed by atoms with Crippen LogP contribution in [-0.4, -0.2) is 36.9 Å². The summed E-state index contributed by atoms with van der Waals surface area (Å²) in [5.74, 6) is -0.879. The van der Waals surface area contributed by atoms with Gasteiger partial charge in [0.1, 0.15) is 0 Å². The molecule has 1 fully saturated rings. The van der Waals surface area contributed by atoms with Crippen molar-refractivity contribution in [1.29, 1.82) is 0 Å². The molecular formula is C14H19NO3. The second-order valence-electron chi connectivity index (χ2n) is 4.52. The molecule has 4 nitrogen and oxygen atoms in total. The summed E-state index contributed by atoms with van der Waals surface area (Å²) in [6.45, 7) is 4.54. The lowest BCUT2D eigenvalue weighted by Gasteiger charge is -2.34. The van der Waals surface area contributed by atoms with Crippen molar-refractivity contribution in [2.24, 2.45) is 0 Å². The van der Waals surface area contributed by atoms with Gasteiger partial charge in [-0.25, -0.2) is 4.79 Å². The third-order valence-corrected chi connectivity index (χ3v) is 3.24. The number of carboxylic acids is 1. The summed E-state index contributed by atoms with van der Waals surface area (Å²) in [5.41, 5.74) is 1.31. The molecule has 1 atom stereocenters. The van der Waals surface area contributed by atoms with Gasteiger partial charge in [-0.2, -0.15) is 0 Å². The van der Waals surface area contributed by atoms with Crippen LogP contribution in [0.15, 0.2) is 24.3 Å². The number of piperidine rings is 1. The molecule has 1 unspecified atom stereocenters. The highest BCUT2D eigenvalue weighted by Gasteiger charge is 2.20. The van der Waals surface area contributed by atoms with Crippen molar-refractivity contribution in [1.82, 2.24) is 0 Å². The summed E-state index contributed by atoms with van der Waals surface area (Å²) in [6.07, 6.45) is 2.43. The van der Waals surface area contributed by atoms with Crippen molar-refractivity contribution < 1.29 is 14.6 Å². The predicted molar refractivity (Wildman–Crippen MR) is 70.3 cm³/mol. The van der Waals surface area contributed by atoms with Crippen LogP contribution in [0.1, 0.15) is 30.1 Å². The van der Waals surface area contributed by atoms with E-state index in [0.29, 0.717) is 5.56 Å². The van der Waals surface area contributed by atoms with Gasteiger partial charge in [-0.05, 0) is 38.0 Å². The molecule has 2 rings (SSSR count). The van der Waals surface area contributed by atoms with Gasteiger partial charge in [0.15, 0.2) is 0 Å². The molecule has 1 heterocycles. The summed E-state index contributed by atoms with van der Waals surface area (Å²) in [7, 11) is 0. The lowest BCUT2D eigenvalue weighted by Crippen LogP contribution is -2.39. The van der Waals surface area contributed by atoms with Crippen molar-refractivity contribution in [2.45, 2.75) is 25.9 Å². The maximum Gasteiger partial charge on any atom is 0.335 e. The molecule has 98 valence electrons. The van der Waals surface area contributed by atoms with Crippen LogP contribution >= 0.6 is 0 Å². The Balaban J connectivity index is 2.10. The van der Waals surface area contributed by atoms with Crippen LogP contribution in [-0.2, 0) is 4.74 Å². The molecule has 0 aliphatic carbocycles. The Hall–Kier alpha value is -1.55. The summed E-state index contributed by atoms with van der Waals surface area (Å²) in [4.78, 5) is 13.2. The Bertz CT molecular complexity index is 417. The van der Waals surface area contributed by atoms with Gasteiger partial charge in [0.25, 0.3) is 0 Å². The van der Waals surface area contributed by atoms with Crippen LogP contribution in [0.4, 0.5) is 5.69 Å². The number of aromatic carboxylic acids is 1. The number of hydrogen-bond acceptors (Lipinski definition) is 3. The third kappa shape index (κ3) is 3.01. The smallest absolute Gasteiger partial charge is 0.335 e. The Morgan fingerprint density at radius 3 is 3.11 bits per heavy atom. The number of rotatable bonds is 4. The molecule has 4 heteroatoms. The van der Waals surface area contributed by atoms with Crippen LogP contribution in [0.3, 0.4) is 0 Å². The van der Waals surface area contributed by atoms with Gasteiger partial charge in [-0.1, -0.05) is 6.07 Å². The van der Waals surface area contributed by atoms with Crippen LogP contribution in [0.2, 0.25) is 0 Å². The quantitative estimate of drug-likeness (QED) is 0.890. The molecular weight excluding hydrogens is 230 g/mol. The van der Waals surface area contributed by atoms with Gasteiger partial charge in [-0.15, -0.1) is 0 Å². The average Bonchev–Trinajstić information content (AvgIpc) is 2.39. The maximum atomic E-state index is 11.0. The number of carboxylic acid groups (broad SMARTS) is 1. The number of nitrogens with zero attached hydrogens (tertiary/aromatic N) is 1. The monoisotopic (exact) mass is 249 g/mol. The van der Waals surface area contributed by atoms with E-state index in [9.17, 15) is 4.79 Å². The number of ether oxygens (including phenoxy) is 1. The molecule has 0 radical (unpaired) electrons. The molecule has 1 saturated heterocycles. The van der Waals surface area contributed by atoms with E-state index in [4.69, 9.17) is 9.84 Å². The molecule has 0 bridgehead atoms. The average molecular weight is 249 g/mol. The van der Waals surface area contributed by atoms with Crippen LogP contribution in [0, 0.1) is 0 Å². The fourth-order valence-electron chi connectivity index (χ4n) is 2.38. The zero-order valence-corrected chi connectivity index (χ0v) is 10.6. The highest BCUT2D eigenvalue weighted by molar-refractivity contribution is 5.88. The zero-order valence-electron chi connectivity index (χ0n) is 10.6. The second-order valence-corrected chi connectivity index (χ2v) is 4.52. The maximum absolute atomic E-state index is 11.0. The second kappa shape index (κ2) is 5.87. The van der Waals surface area contributed by atoms with Crippen molar-refractivity contribution >= 4 is 11.7 Å². The molecule has 0 spiro atoms. The van der Waals surface area contributed by atoms with E-state index >= 15 is 0 Å². The number of benzene rings is 1. The summed E-state index contributed by atoms with van der Waals surface area (Å²) in [6, 6.07) is 7.11. The minimum atomic E-state index is -0.879. The molecule has 0 amide bonds. The lowest BCUT2D eigenvalue weighted by atomic mass is 10.1. The normalized spacial score (nSPS) is 19.8. The fourth-order valence-corrected chi connectivity index (χ4v) is 2.38. The Morgan fingerprint density at radius 2 is 2.39 bits per heavy atom. The molecule has 1 aliphatic heterocycles. The highest BCUT2D eigenvalue weighted by atomic mass is 16.5. The van der Waals surface area contributed by atoms with E-state index in [1.165, 1.54) is 0 Å². The Labute approximate surface area is 107 Å². The Morgan fingerprint density at radius 1 is 1.56 bits per heavy atom. The van der Waals surface area contributed by atoms with Crippen molar-refractivity contribution in [3.05, 3.63) is 29.8 Å². The molecule has 1 N–H and O–H groups in total. The zero-order chi connectivity index (χ0) is 13.0. The third-order valence-electron chi connectivity index (χ3n) is 3.24. The largest absolute Gasteiger partial charge is 0.478 e. The minimum absolute atomic E-state index is 0.261. The van der Waals surface area contributed by atoms with E-state index in [1.54, 1.807) is 18.2 Å². The van der Waals surface area contributed by atoms with Gasteiger partial charge in [0, 0.05) is 25.4 Å². The van der Waals surface area contributed by atoms with Gasteiger partial charge in [0.2, 0.25) is 0 Å². The Kier molecular flexibility index (Phi) is 4.20. The first-order valence-corrected chi connectivity index (χ1v) is 6.40. The molecule has 1 aromatic rings. The molecule has 0 saturated carbocycles. The van der Waals surface area contributed by atoms with E-state index < -0.39 is 5.97 Å². The van der Waals surface area contributed by atoms with Gasteiger partial charge >= 0.3 is 5.97 Å². The van der Waals surface area contributed by atoms with Crippen molar-refractivity contribution in [2.75, 3.05) is 24.6 Å². The van der Waals surface area contributed by atoms with Crippen molar-refractivity contribution in [3.8, 4) is 0 Å². The van der Waals surface area contributed by atoms with E-state index in [-0.39, 0.29) is 6.10 Å². The van der Waals surface area contributed by atoms with Gasteiger partial charge < -0.3 is 14.7 Å². The number of carbonyl (C=O) groups is 1.